The van der Waals surface area contributed by atoms with E-state index in [4.69, 9.17) is 19.2 Å². The fourth-order valence-corrected chi connectivity index (χ4v) is 5.64. The monoisotopic (exact) mass is 537 g/mol. The van der Waals surface area contributed by atoms with Gasteiger partial charge in [-0.3, -0.25) is 9.79 Å². The van der Waals surface area contributed by atoms with E-state index in [0.29, 0.717) is 36.5 Å². The van der Waals surface area contributed by atoms with Crippen LogP contribution in [0.15, 0.2) is 101 Å². The number of benzene rings is 3. The lowest BCUT2D eigenvalue weighted by molar-refractivity contribution is -0.140. The maximum absolute atomic E-state index is 13.8. The van der Waals surface area contributed by atoms with Gasteiger partial charge in [0, 0.05) is 23.7 Å². The summed E-state index contributed by atoms with van der Waals surface area (Å²) < 4.78 is 17.2. The molecule has 1 unspecified atom stereocenters. The Morgan fingerprint density at radius 3 is 2.12 bits per heavy atom. The molecule has 1 saturated carbocycles. The molecule has 0 radical (unpaired) electrons. The smallest absolute Gasteiger partial charge is 0.336 e. The molecule has 3 aromatic rings. The minimum atomic E-state index is -0.505. The van der Waals surface area contributed by atoms with Gasteiger partial charge in [0.1, 0.15) is 30.5 Å². The summed E-state index contributed by atoms with van der Waals surface area (Å²) in [4.78, 5) is 32.2. The number of hydrogen-bond acceptors (Lipinski definition) is 6. The maximum atomic E-state index is 13.8. The van der Waals surface area contributed by atoms with E-state index in [-0.39, 0.29) is 24.9 Å². The van der Waals surface area contributed by atoms with E-state index >= 15 is 0 Å². The number of Topliss-reactive ketones (excluding diaryl/α,β-unsaturated/α-hetero) is 1. The Morgan fingerprint density at radius 2 is 1.43 bits per heavy atom. The molecule has 1 aliphatic heterocycles. The van der Waals surface area contributed by atoms with E-state index in [9.17, 15) is 9.59 Å². The summed E-state index contributed by atoms with van der Waals surface area (Å²) in [5.41, 5.74) is 3.87. The molecule has 0 spiro atoms. The van der Waals surface area contributed by atoms with E-state index in [1.807, 2.05) is 79.7 Å². The number of esters is 1. The molecule has 0 N–H and O–H groups in total. The van der Waals surface area contributed by atoms with Crippen LogP contribution >= 0.6 is 0 Å². The second-order valence-electron chi connectivity index (χ2n) is 10.3. The highest BCUT2D eigenvalue weighted by atomic mass is 16.6. The topological polar surface area (TPSA) is 74.2 Å². The van der Waals surface area contributed by atoms with Crippen molar-refractivity contribution in [3.63, 3.8) is 0 Å². The summed E-state index contributed by atoms with van der Waals surface area (Å²) in [6.07, 6.45) is 2.00. The lowest BCUT2D eigenvalue weighted by Crippen LogP contribution is -2.41. The van der Waals surface area contributed by atoms with Gasteiger partial charge in [-0.05, 0) is 61.1 Å². The summed E-state index contributed by atoms with van der Waals surface area (Å²) in [5.74, 6) is 0.202. The molecule has 0 bridgehead atoms. The maximum Gasteiger partial charge on any atom is 0.336 e. The first-order valence-electron chi connectivity index (χ1n) is 14.0. The number of nitrogens with zero attached hydrogens (tertiary/aromatic N) is 1. The van der Waals surface area contributed by atoms with Gasteiger partial charge in [0.25, 0.3) is 0 Å². The highest BCUT2D eigenvalue weighted by Gasteiger charge is 2.46. The first kappa shape index (κ1) is 27.4. The molecule has 3 atom stereocenters. The van der Waals surface area contributed by atoms with Gasteiger partial charge in [-0.25, -0.2) is 4.79 Å². The lowest BCUT2D eigenvalue weighted by Gasteiger charge is -2.38. The average molecular weight is 538 g/mol. The standard InChI is InChI=1S/C34H35NO5/c1-3-18-38-28-16-14-25(15-17-28)32-31(34(37)40-20-19-39-27-12-8-5-9-13-27)23(2)35-29-21-26(22-30(36)33(29)32)24-10-6-4-7-11-24/h4-17,26,32-33H,3,18-22H2,1-2H3/t26-,32-,33?/m0/s1. The average Bonchev–Trinajstić information content (AvgIpc) is 2.98. The van der Waals surface area contributed by atoms with Gasteiger partial charge in [-0.2, -0.15) is 0 Å². The molecule has 2 aliphatic rings. The quantitative estimate of drug-likeness (QED) is 0.213. The summed E-state index contributed by atoms with van der Waals surface area (Å²) >= 11 is 0. The first-order chi connectivity index (χ1) is 19.5. The molecule has 1 heterocycles. The predicted octanol–water partition coefficient (Wildman–Crippen LogP) is 6.67. The van der Waals surface area contributed by atoms with Gasteiger partial charge in [-0.1, -0.05) is 67.6 Å². The Bertz CT molecular complexity index is 1380. The number of carbonyl (C=O) groups is 2. The number of para-hydroxylation sites is 1. The van der Waals surface area contributed by atoms with Crippen molar-refractivity contribution in [2.75, 3.05) is 19.8 Å². The SMILES string of the molecule is CCCOc1ccc([C@H]2C(C(=O)OCCOc3ccccc3)=C(C)N=C3C[C@H](c4ccccc4)CC(=O)C32)cc1. The first-order valence-corrected chi connectivity index (χ1v) is 14.0. The third kappa shape index (κ3) is 6.17. The van der Waals surface area contributed by atoms with Gasteiger partial charge < -0.3 is 14.2 Å². The van der Waals surface area contributed by atoms with E-state index in [0.717, 1.165) is 29.0 Å². The van der Waals surface area contributed by atoms with Gasteiger partial charge in [0.05, 0.1) is 18.1 Å². The number of hydrogen-bond donors (Lipinski definition) is 0. The highest BCUT2D eigenvalue weighted by Crippen LogP contribution is 2.46. The molecule has 6 nitrogen and oxygen atoms in total. The molecule has 5 rings (SSSR count). The number of ketones is 1. The van der Waals surface area contributed by atoms with E-state index < -0.39 is 17.8 Å². The number of rotatable bonds is 10. The van der Waals surface area contributed by atoms with E-state index in [1.165, 1.54) is 0 Å². The molecule has 6 heteroatoms. The van der Waals surface area contributed by atoms with Gasteiger partial charge in [0.15, 0.2) is 0 Å². The van der Waals surface area contributed by atoms with Gasteiger partial charge in [0.2, 0.25) is 0 Å². The summed E-state index contributed by atoms with van der Waals surface area (Å²) in [6.45, 7) is 4.84. The zero-order chi connectivity index (χ0) is 27.9. The van der Waals surface area contributed by atoms with Crippen LogP contribution in [0.5, 0.6) is 11.5 Å². The minimum Gasteiger partial charge on any atom is -0.494 e. The molecule has 206 valence electrons. The molecular weight excluding hydrogens is 502 g/mol. The predicted molar refractivity (Wildman–Crippen MR) is 155 cm³/mol. The largest absolute Gasteiger partial charge is 0.494 e. The Labute approximate surface area is 235 Å². The lowest BCUT2D eigenvalue weighted by atomic mass is 9.66. The van der Waals surface area contributed by atoms with E-state index in [1.54, 1.807) is 0 Å². The highest BCUT2D eigenvalue weighted by molar-refractivity contribution is 6.12. The zero-order valence-corrected chi connectivity index (χ0v) is 23.0. The summed E-state index contributed by atoms with van der Waals surface area (Å²) in [5, 5.41) is 0. The summed E-state index contributed by atoms with van der Waals surface area (Å²) in [7, 11) is 0. The Kier molecular flexibility index (Phi) is 8.74. The minimum absolute atomic E-state index is 0.0746. The third-order valence-electron chi connectivity index (χ3n) is 7.49. The fourth-order valence-electron chi connectivity index (χ4n) is 5.64. The number of ether oxygens (including phenoxy) is 3. The number of fused-ring (bicyclic) bond motifs is 1. The van der Waals surface area contributed by atoms with Crippen LogP contribution in [0.2, 0.25) is 0 Å². The van der Waals surface area contributed by atoms with Crippen LogP contribution in [0.3, 0.4) is 0 Å². The van der Waals surface area contributed by atoms with Crippen LogP contribution < -0.4 is 9.47 Å². The molecule has 0 aromatic heterocycles. The van der Waals surface area contributed by atoms with Crippen LogP contribution in [0.25, 0.3) is 0 Å². The van der Waals surface area contributed by atoms with Crippen LogP contribution in [-0.2, 0) is 14.3 Å². The van der Waals surface area contributed by atoms with Crippen molar-refractivity contribution in [1.82, 2.24) is 0 Å². The molecule has 0 amide bonds. The number of carbonyl (C=O) groups excluding carboxylic acids is 2. The Morgan fingerprint density at radius 1 is 0.775 bits per heavy atom. The molecule has 40 heavy (non-hydrogen) atoms. The van der Waals surface area contributed by atoms with Crippen molar-refractivity contribution in [1.29, 1.82) is 0 Å². The second kappa shape index (κ2) is 12.8. The van der Waals surface area contributed by atoms with Crippen molar-refractivity contribution >= 4 is 17.5 Å². The summed E-state index contributed by atoms with van der Waals surface area (Å²) in [6, 6.07) is 27.2. The van der Waals surface area contributed by atoms with E-state index in [2.05, 4.69) is 19.1 Å². The molecule has 1 fully saturated rings. The number of aliphatic imine (C=N–C) groups is 1. The van der Waals surface area contributed by atoms with Crippen LogP contribution in [0.1, 0.15) is 56.1 Å². The fraction of sp³-hybridized carbons (Fsp3) is 0.324. The Hall–Kier alpha value is -4.19. The van der Waals surface area contributed by atoms with Crippen LogP contribution in [0, 0.1) is 5.92 Å². The normalized spacial score (nSPS) is 20.4. The van der Waals surface area contributed by atoms with Crippen molar-refractivity contribution in [2.24, 2.45) is 10.9 Å². The molecule has 1 aliphatic carbocycles. The Balaban J connectivity index is 1.41. The second-order valence-corrected chi connectivity index (χ2v) is 10.3. The molecule has 0 saturated heterocycles. The van der Waals surface area contributed by atoms with Crippen molar-refractivity contribution in [2.45, 2.75) is 44.9 Å². The molecule has 3 aromatic carbocycles. The van der Waals surface area contributed by atoms with Crippen molar-refractivity contribution < 1.29 is 23.8 Å². The van der Waals surface area contributed by atoms with Crippen molar-refractivity contribution in [3.8, 4) is 11.5 Å². The third-order valence-corrected chi connectivity index (χ3v) is 7.49. The molecular formula is C34H35NO5. The van der Waals surface area contributed by atoms with Crippen molar-refractivity contribution in [3.05, 3.63) is 107 Å². The van der Waals surface area contributed by atoms with Crippen LogP contribution in [-0.4, -0.2) is 37.3 Å². The van der Waals surface area contributed by atoms with Gasteiger partial charge in [-0.15, -0.1) is 0 Å². The zero-order valence-electron chi connectivity index (χ0n) is 23.0. The van der Waals surface area contributed by atoms with Gasteiger partial charge >= 0.3 is 5.97 Å². The number of allylic oxidation sites excluding steroid dienone is 1. The van der Waals surface area contributed by atoms with Crippen LogP contribution in [0.4, 0.5) is 0 Å².